The van der Waals surface area contributed by atoms with Crippen LogP contribution >= 0.6 is 0 Å². The van der Waals surface area contributed by atoms with E-state index in [4.69, 9.17) is 0 Å². The summed E-state index contributed by atoms with van der Waals surface area (Å²) in [5, 5.41) is 3.29. The topological polar surface area (TPSA) is 52.7 Å². The standard InChI is InChI=1S/C13H23N3O2/c1-2-11(16-9-3-5-12(16)17)13(18)15-8-4-6-14-7-10-15/h11,14H,2-10H2,1H3. The number of hydrogen-bond donors (Lipinski definition) is 1. The van der Waals surface area contributed by atoms with Crippen LogP contribution in [0.5, 0.6) is 0 Å². The highest BCUT2D eigenvalue weighted by atomic mass is 16.2. The van der Waals surface area contributed by atoms with Gasteiger partial charge in [0.1, 0.15) is 6.04 Å². The van der Waals surface area contributed by atoms with Gasteiger partial charge in [0.25, 0.3) is 0 Å². The molecule has 1 N–H and O–H groups in total. The van der Waals surface area contributed by atoms with E-state index >= 15 is 0 Å². The second-order valence-electron chi connectivity index (χ2n) is 5.04. The molecule has 0 spiro atoms. The molecule has 2 fully saturated rings. The number of nitrogens with one attached hydrogen (secondary N) is 1. The molecule has 2 saturated heterocycles. The maximum Gasteiger partial charge on any atom is 0.245 e. The quantitative estimate of drug-likeness (QED) is 0.782. The average Bonchev–Trinajstić information content (AvgIpc) is 2.66. The summed E-state index contributed by atoms with van der Waals surface area (Å²) < 4.78 is 0. The van der Waals surface area contributed by atoms with Gasteiger partial charge in [0.15, 0.2) is 0 Å². The lowest BCUT2D eigenvalue weighted by Gasteiger charge is -2.31. The predicted octanol–water partition coefficient (Wildman–Crippen LogP) is 0.209. The third-order valence-electron chi connectivity index (χ3n) is 3.81. The number of amides is 2. The van der Waals surface area contributed by atoms with Gasteiger partial charge in [0, 0.05) is 32.6 Å². The van der Waals surface area contributed by atoms with E-state index in [1.165, 1.54) is 0 Å². The molecule has 1 atom stereocenters. The fourth-order valence-corrected chi connectivity index (χ4v) is 2.80. The van der Waals surface area contributed by atoms with Crippen LogP contribution < -0.4 is 5.32 Å². The fraction of sp³-hybridized carbons (Fsp3) is 0.846. The van der Waals surface area contributed by atoms with Gasteiger partial charge in [-0.25, -0.2) is 0 Å². The molecule has 18 heavy (non-hydrogen) atoms. The van der Waals surface area contributed by atoms with Crippen LogP contribution in [0.1, 0.15) is 32.6 Å². The molecular weight excluding hydrogens is 230 g/mol. The minimum absolute atomic E-state index is 0.136. The normalized spacial score (nSPS) is 23.1. The van der Waals surface area contributed by atoms with E-state index in [2.05, 4.69) is 5.32 Å². The zero-order valence-electron chi connectivity index (χ0n) is 11.2. The molecule has 102 valence electrons. The molecule has 2 heterocycles. The third-order valence-corrected chi connectivity index (χ3v) is 3.81. The molecule has 2 rings (SSSR count). The van der Waals surface area contributed by atoms with E-state index in [1.807, 2.05) is 11.8 Å². The lowest BCUT2D eigenvalue weighted by molar-refractivity contribution is -0.143. The van der Waals surface area contributed by atoms with Crippen LogP contribution in [-0.4, -0.2) is 60.4 Å². The second kappa shape index (κ2) is 6.18. The van der Waals surface area contributed by atoms with E-state index < -0.39 is 0 Å². The summed E-state index contributed by atoms with van der Waals surface area (Å²) in [5.74, 6) is 0.277. The van der Waals surface area contributed by atoms with E-state index in [-0.39, 0.29) is 17.9 Å². The Hall–Kier alpha value is -1.10. The van der Waals surface area contributed by atoms with E-state index in [9.17, 15) is 9.59 Å². The number of likely N-dealkylation sites (tertiary alicyclic amines) is 1. The summed E-state index contributed by atoms with van der Waals surface area (Å²) in [7, 11) is 0. The Kier molecular flexibility index (Phi) is 4.58. The van der Waals surface area contributed by atoms with Gasteiger partial charge in [-0.1, -0.05) is 6.92 Å². The van der Waals surface area contributed by atoms with Crippen molar-refractivity contribution in [2.24, 2.45) is 0 Å². The third kappa shape index (κ3) is 2.83. The van der Waals surface area contributed by atoms with Gasteiger partial charge in [0.2, 0.25) is 11.8 Å². The van der Waals surface area contributed by atoms with Crippen molar-refractivity contribution >= 4 is 11.8 Å². The lowest BCUT2D eigenvalue weighted by Crippen LogP contribution is -2.49. The first kappa shape index (κ1) is 13.3. The molecule has 1 unspecified atom stereocenters. The van der Waals surface area contributed by atoms with Gasteiger partial charge >= 0.3 is 0 Å². The molecule has 0 aliphatic carbocycles. The first-order valence-electron chi connectivity index (χ1n) is 7.03. The molecule has 0 radical (unpaired) electrons. The van der Waals surface area contributed by atoms with Crippen LogP contribution in [0.15, 0.2) is 0 Å². The smallest absolute Gasteiger partial charge is 0.245 e. The van der Waals surface area contributed by atoms with E-state index in [1.54, 1.807) is 4.90 Å². The Morgan fingerprint density at radius 2 is 2.11 bits per heavy atom. The predicted molar refractivity (Wildman–Crippen MR) is 69.1 cm³/mol. The van der Waals surface area contributed by atoms with Gasteiger partial charge < -0.3 is 15.1 Å². The monoisotopic (exact) mass is 253 g/mol. The van der Waals surface area contributed by atoms with Gasteiger partial charge in [-0.05, 0) is 25.8 Å². The van der Waals surface area contributed by atoms with Crippen LogP contribution in [0.4, 0.5) is 0 Å². The first-order valence-corrected chi connectivity index (χ1v) is 7.03. The van der Waals surface area contributed by atoms with Crippen molar-refractivity contribution in [3.63, 3.8) is 0 Å². The highest BCUT2D eigenvalue weighted by molar-refractivity contribution is 5.88. The van der Waals surface area contributed by atoms with E-state index in [0.717, 1.165) is 45.6 Å². The zero-order chi connectivity index (χ0) is 13.0. The van der Waals surface area contributed by atoms with Crippen molar-refractivity contribution in [1.82, 2.24) is 15.1 Å². The molecule has 2 aliphatic rings. The summed E-state index contributed by atoms with van der Waals surface area (Å²) in [6, 6.07) is -0.238. The number of carbonyl (C=O) groups is 2. The van der Waals surface area contributed by atoms with Crippen molar-refractivity contribution in [3.05, 3.63) is 0 Å². The van der Waals surface area contributed by atoms with Crippen molar-refractivity contribution < 1.29 is 9.59 Å². The van der Waals surface area contributed by atoms with Crippen LogP contribution in [0.25, 0.3) is 0 Å². The summed E-state index contributed by atoms with van der Waals surface area (Å²) in [5.41, 5.74) is 0. The molecule has 0 aromatic rings. The Labute approximate surface area is 108 Å². The van der Waals surface area contributed by atoms with Crippen molar-refractivity contribution in [2.45, 2.75) is 38.6 Å². The largest absolute Gasteiger partial charge is 0.340 e. The molecule has 5 heteroatoms. The summed E-state index contributed by atoms with van der Waals surface area (Å²) in [4.78, 5) is 28.0. The SMILES string of the molecule is CCC(C(=O)N1CCCNCC1)N1CCCC1=O. The summed E-state index contributed by atoms with van der Waals surface area (Å²) in [6.45, 7) is 6.14. The molecular formula is C13H23N3O2. The highest BCUT2D eigenvalue weighted by Gasteiger charge is 2.33. The van der Waals surface area contributed by atoms with E-state index in [0.29, 0.717) is 12.8 Å². The number of carbonyl (C=O) groups excluding carboxylic acids is 2. The molecule has 0 saturated carbocycles. The first-order chi connectivity index (χ1) is 8.74. The molecule has 2 aliphatic heterocycles. The number of nitrogens with zero attached hydrogens (tertiary/aromatic N) is 2. The molecule has 0 aromatic heterocycles. The summed E-state index contributed by atoms with van der Waals surface area (Å²) >= 11 is 0. The average molecular weight is 253 g/mol. The number of rotatable bonds is 3. The highest BCUT2D eigenvalue weighted by Crippen LogP contribution is 2.18. The molecule has 0 aromatic carbocycles. The molecule has 0 bridgehead atoms. The van der Waals surface area contributed by atoms with Crippen molar-refractivity contribution in [2.75, 3.05) is 32.7 Å². The van der Waals surface area contributed by atoms with Crippen LogP contribution in [0, 0.1) is 0 Å². The van der Waals surface area contributed by atoms with Gasteiger partial charge in [-0.2, -0.15) is 0 Å². The fourth-order valence-electron chi connectivity index (χ4n) is 2.80. The van der Waals surface area contributed by atoms with Crippen molar-refractivity contribution in [1.29, 1.82) is 0 Å². The molecule has 2 amide bonds. The van der Waals surface area contributed by atoms with Gasteiger partial charge in [-0.15, -0.1) is 0 Å². The molecule has 5 nitrogen and oxygen atoms in total. The van der Waals surface area contributed by atoms with Gasteiger partial charge in [-0.3, -0.25) is 9.59 Å². The minimum Gasteiger partial charge on any atom is -0.340 e. The Bertz CT molecular complexity index is 311. The van der Waals surface area contributed by atoms with Crippen LogP contribution in [0.2, 0.25) is 0 Å². The van der Waals surface area contributed by atoms with Crippen LogP contribution in [-0.2, 0) is 9.59 Å². The summed E-state index contributed by atoms with van der Waals surface area (Å²) in [6.07, 6.45) is 3.21. The Morgan fingerprint density at radius 1 is 1.28 bits per heavy atom. The minimum atomic E-state index is -0.238. The Morgan fingerprint density at radius 3 is 2.78 bits per heavy atom. The second-order valence-corrected chi connectivity index (χ2v) is 5.04. The maximum absolute atomic E-state index is 12.5. The van der Waals surface area contributed by atoms with Gasteiger partial charge in [0.05, 0.1) is 0 Å². The Balaban J connectivity index is 2.01. The lowest BCUT2D eigenvalue weighted by atomic mass is 10.1. The maximum atomic E-state index is 12.5. The van der Waals surface area contributed by atoms with Crippen molar-refractivity contribution in [3.8, 4) is 0 Å². The zero-order valence-corrected chi connectivity index (χ0v) is 11.2. The number of hydrogen-bond acceptors (Lipinski definition) is 3. The van der Waals surface area contributed by atoms with Crippen LogP contribution in [0.3, 0.4) is 0 Å².